The van der Waals surface area contributed by atoms with Crippen LogP contribution in [0.5, 0.6) is 0 Å². The molecule has 4 rings (SSSR count). The van der Waals surface area contributed by atoms with Crippen LogP contribution in [0, 0.1) is 0 Å². The second kappa shape index (κ2) is 6.35. The second-order valence-electron chi connectivity index (χ2n) is 7.08. The van der Waals surface area contributed by atoms with Gasteiger partial charge in [0.25, 0.3) is 0 Å². The molecule has 0 radical (unpaired) electrons. The number of anilines is 1. The molecule has 1 saturated heterocycles. The molecule has 2 aliphatic rings. The smallest absolute Gasteiger partial charge is 0.341 e. The van der Waals surface area contributed by atoms with Gasteiger partial charge in [0.2, 0.25) is 15.5 Å². The maximum Gasteiger partial charge on any atom is 0.341 e. The van der Waals surface area contributed by atoms with Crippen LogP contribution in [0.4, 0.5) is 5.69 Å². The minimum absolute atomic E-state index is 0.204. The van der Waals surface area contributed by atoms with E-state index in [4.69, 9.17) is 0 Å². The lowest BCUT2D eigenvalue weighted by Crippen LogP contribution is -2.48. The molecular formula is C18H21N3O5S. The van der Waals surface area contributed by atoms with Gasteiger partial charge in [0, 0.05) is 50.0 Å². The molecule has 0 atom stereocenters. The second-order valence-corrected chi connectivity index (χ2v) is 9.06. The summed E-state index contributed by atoms with van der Waals surface area (Å²) in [6.45, 7) is 2.71. The van der Waals surface area contributed by atoms with Crippen LogP contribution in [0.2, 0.25) is 0 Å². The lowest BCUT2D eigenvalue weighted by molar-refractivity contribution is 0.0694. The Morgan fingerprint density at radius 2 is 1.81 bits per heavy atom. The third kappa shape index (κ3) is 3.00. The van der Waals surface area contributed by atoms with Crippen LogP contribution in [0.3, 0.4) is 0 Å². The van der Waals surface area contributed by atoms with Crippen LogP contribution >= 0.6 is 0 Å². The molecule has 1 N–H and O–H groups in total. The van der Waals surface area contributed by atoms with E-state index in [9.17, 15) is 23.1 Å². The summed E-state index contributed by atoms with van der Waals surface area (Å²) >= 11 is 0. The highest BCUT2D eigenvalue weighted by Gasteiger charge is 2.27. The van der Waals surface area contributed by atoms with Gasteiger partial charge in [0.15, 0.2) is 0 Å². The number of carbonyl (C=O) groups is 1. The molecule has 1 fully saturated rings. The quantitative estimate of drug-likeness (QED) is 0.828. The first-order valence-electron chi connectivity index (χ1n) is 8.90. The zero-order valence-corrected chi connectivity index (χ0v) is 15.8. The highest BCUT2D eigenvalue weighted by atomic mass is 32.2. The molecule has 1 aromatic carbocycles. The Kier molecular flexibility index (Phi) is 4.23. The topological polar surface area (TPSA) is 99.9 Å². The van der Waals surface area contributed by atoms with Crippen LogP contribution in [-0.2, 0) is 23.0 Å². The lowest BCUT2D eigenvalue weighted by atomic mass is 9.97. The number of carboxylic acid groups (broad SMARTS) is 1. The number of sulfonamides is 1. The van der Waals surface area contributed by atoms with Gasteiger partial charge in [-0.3, -0.25) is 4.79 Å². The van der Waals surface area contributed by atoms with Crippen molar-refractivity contribution in [3.8, 4) is 0 Å². The molecule has 0 bridgehead atoms. The van der Waals surface area contributed by atoms with Crippen LogP contribution in [0.1, 0.15) is 22.3 Å². The van der Waals surface area contributed by atoms with E-state index in [1.165, 1.54) is 16.8 Å². The summed E-state index contributed by atoms with van der Waals surface area (Å²) in [6.07, 6.45) is 4.34. The molecule has 0 spiro atoms. The predicted molar refractivity (Wildman–Crippen MR) is 102 cm³/mol. The predicted octanol–water partition coefficient (Wildman–Crippen LogP) is 0.728. The van der Waals surface area contributed by atoms with E-state index < -0.39 is 21.4 Å². The molecule has 27 heavy (non-hydrogen) atoms. The Bertz CT molecular complexity index is 1100. The Labute approximate surface area is 156 Å². The summed E-state index contributed by atoms with van der Waals surface area (Å²) in [5.41, 5.74) is 2.20. The fourth-order valence-electron chi connectivity index (χ4n) is 4.12. The Morgan fingerprint density at radius 1 is 1.11 bits per heavy atom. The molecule has 0 saturated carbocycles. The largest absolute Gasteiger partial charge is 0.477 e. The van der Waals surface area contributed by atoms with E-state index in [0.717, 1.165) is 29.6 Å². The summed E-state index contributed by atoms with van der Waals surface area (Å²) in [4.78, 5) is 26.1. The molecule has 9 heteroatoms. The highest BCUT2D eigenvalue weighted by Crippen LogP contribution is 2.33. The Morgan fingerprint density at radius 3 is 2.44 bits per heavy atom. The molecule has 0 amide bonds. The van der Waals surface area contributed by atoms with E-state index in [1.54, 1.807) is 6.07 Å². The number of hydrogen-bond acceptors (Lipinski definition) is 5. The summed E-state index contributed by atoms with van der Waals surface area (Å²) in [5, 5.41) is 9.74. The SMILES string of the molecule is CS(=O)(=O)N1CCN(c2ccc3c(=O)c(C(=O)O)cn4c3c2CCC4)CC1. The number of aromatic nitrogens is 1. The number of benzene rings is 1. The van der Waals surface area contributed by atoms with Crippen LogP contribution in [0.25, 0.3) is 10.9 Å². The van der Waals surface area contributed by atoms with E-state index >= 15 is 0 Å². The third-order valence-electron chi connectivity index (χ3n) is 5.42. The number of rotatable bonds is 3. The lowest BCUT2D eigenvalue weighted by Gasteiger charge is -2.36. The van der Waals surface area contributed by atoms with E-state index in [1.807, 2.05) is 10.6 Å². The summed E-state index contributed by atoms with van der Waals surface area (Å²) < 4.78 is 26.8. The first kappa shape index (κ1) is 18.0. The van der Waals surface area contributed by atoms with Crippen molar-refractivity contribution < 1.29 is 18.3 Å². The molecular weight excluding hydrogens is 370 g/mol. The van der Waals surface area contributed by atoms with Crippen molar-refractivity contribution in [1.82, 2.24) is 8.87 Å². The first-order valence-corrected chi connectivity index (χ1v) is 10.7. The van der Waals surface area contributed by atoms with Gasteiger partial charge < -0.3 is 14.6 Å². The van der Waals surface area contributed by atoms with Crippen molar-refractivity contribution >= 4 is 32.6 Å². The molecule has 1 aromatic heterocycles. The van der Waals surface area contributed by atoms with Crippen molar-refractivity contribution in [3.63, 3.8) is 0 Å². The number of pyridine rings is 1. The minimum atomic E-state index is -3.19. The fourth-order valence-corrected chi connectivity index (χ4v) is 4.95. The van der Waals surface area contributed by atoms with Crippen molar-refractivity contribution in [2.24, 2.45) is 0 Å². The summed E-state index contributed by atoms with van der Waals surface area (Å²) in [5.74, 6) is -1.21. The van der Waals surface area contributed by atoms with E-state index in [2.05, 4.69) is 4.90 Å². The maximum atomic E-state index is 12.6. The normalized spacial score (nSPS) is 18.0. The van der Waals surface area contributed by atoms with Crippen LogP contribution in [0.15, 0.2) is 23.1 Å². The standard InChI is InChI=1S/C18H21N3O5S/c1-27(25,26)21-9-7-19(8-10-21)15-5-4-13-16-12(15)3-2-6-20(16)11-14(17(13)22)18(23)24/h4-5,11H,2-3,6-10H2,1H3,(H,23,24). The highest BCUT2D eigenvalue weighted by molar-refractivity contribution is 7.88. The fraction of sp³-hybridized carbons (Fsp3) is 0.444. The number of carboxylic acids is 1. The van der Waals surface area contributed by atoms with Crippen molar-refractivity contribution in [1.29, 1.82) is 0 Å². The van der Waals surface area contributed by atoms with Gasteiger partial charge in [-0.25, -0.2) is 13.2 Å². The van der Waals surface area contributed by atoms with Gasteiger partial charge in [-0.05, 0) is 30.5 Å². The zero-order valence-electron chi connectivity index (χ0n) is 15.0. The van der Waals surface area contributed by atoms with Crippen LogP contribution in [-0.4, -0.2) is 60.8 Å². The molecule has 2 aromatic rings. The van der Waals surface area contributed by atoms with Crippen molar-refractivity contribution in [2.75, 3.05) is 37.3 Å². The van der Waals surface area contributed by atoms with Gasteiger partial charge in [-0.15, -0.1) is 0 Å². The van der Waals surface area contributed by atoms with Gasteiger partial charge >= 0.3 is 5.97 Å². The first-order chi connectivity index (χ1) is 12.8. The number of hydrogen-bond donors (Lipinski definition) is 1. The van der Waals surface area contributed by atoms with E-state index in [-0.39, 0.29) is 5.56 Å². The van der Waals surface area contributed by atoms with Crippen LogP contribution < -0.4 is 10.3 Å². The van der Waals surface area contributed by atoms with Gasteiger partial charge in [-0.2, -0.15) is 4.31 Å². The van der Waals surface area contributed by atoms with Gasteiger partial charge in [-0.1, -0.05) is 0 Å². The Balaban J connectivity index is 1.79. The average Bonchev–Trinajstić information content (AvgIpc) is 2.63. The summed E-state index contributed by atoms with van der Waals surface area (Å²) in [7, 11) is -3.19. The minimum Gasteiger partial charge on any atom is -0.477 e. The van der Waals surface area contributed by atoms with Gasteiger partial charge in [0.05, 0.1) is 11.8 Å². The van der Waals surface area contributed by atoms with Crippen molar-refractivity contribution in [3.05, 3.63) is 39.7 Å². The number of nitrogens with zero attached hydrogens (tertiary/aromatic N) is 3. The van der Waals surface area contributed by atoms with E-state index in [0.29, 0.717) is 38.1 Å². The molecule has 2 aliphatic heterocycles. The molecule has 0 unspecified atom stereocenters. The monoisotopic (exact) mass is 391 g/mol. The summed E-state index contributed by atoms with van der Waals surface area (Å²) in [6, 6.07) is 3.57. The molecule has 0 aliphatic carbocycles. The molecule has 8 nitrogen and oxygen atoms in total. The number of piperazine rings is 1. The third-order valence-corrected chi connectivity index (χ3v) is 6.73. The molecule has 144 valence electrons. The average molecular weight is 391 g/mol. The number of aromatic carboxylic acids is 1. The maximum absolute atomic E-state index is 12.6. The van der Waals surface area contributed by atoms with Crippen molar-refractivity contribution in [2.45, 2.75) is 19.4 Å². The zero-order chi connectivity index (χ0) is 19.3. The molecule has 3 heterocycles. The van der Waals surface area contributed by atoms with Gasteiger partial charge in [0.1, 0.15) is 5.56 Å². The Hall–Kier alpha value is -2.39. The number of aryl methyl sites for hydroxylation is 2.